The highest BCUT2D eigenvalue weighted by molar-refractivity contribution is 5.87. The Morgan fingerprint density at radius 1 is 1.05 bits per heavy atom. The highest BCUT2D eigenvalue weighted by Crippen LogP contribution is 2.37. The summed E-state index contributed by atoms with van der Waals surface area (Å²) in [5, 5.41) is 1.30. The number of hydrogen-bond acceptors (Lipinski definition) is 5. The fraction of sp³-hybridized carbons (Fsp3) is 0.303. The fourth-order valence-electron chi connectivity index (χ4n) is 5.45. The average molecular weight is 525 g/mol. The quantitative estimate of drug-likeness (QED) is 0.138. The Kier molecular flexibility index (Phi) is 8.76. The molecule has 39 heavy (non-hydrogen) atoms. The molecule has 6 heteroatoms. The SMILES string of the molecule is COCCOc1ccc(CN(CCc2c[nH]c3ccccc23)C2CCc3cc(C=CC(=O)OC)ccc32)cc1. The maximum Gasteiger partial charge on any atom is 0.330 e. The zero-order valence-corrected chi connectivity index (χ0v) is 22.7. The number of H-pyrrole nitrogens is 1. The molecule has 1 N–H and O–H groups in total. The first-order valence-corrected chi connectivity index (χ1v) is 13.5. The minimum Gasteiger partial charge on any atom is -0.491 e. The van der Waals surface area contributed by atoms with Gasteiger partial charge in [-0.05, 0) is 71.4 Å². The summed E-state index contributed by atoms with van der Waals surface area (Å²) < 4.78 is 15.6. The van der Waals surface area contributed by atoms with E-state index in [1.54, 1.807) is 7.11 Å². The highest BCUT2D eigenvalue weighted by Gasteiger charge is 2.28. The van der Waals surface area contributed by atoms with Gasteiger partial charge in [-0.2, -0.15) is 0 Å². The van der Waals surface area contributed by atoms with Gasteiger partial charge in [0.05, 0.1) is 13.7 Å². The monoisotopic (exact) mass is 524 g/mol. The van der Waals surface area contributed by atoms with Gasteiger partial charge in [-0.15, -0.1) is 0 Å². The Labute approximate surface area is 230 Å². The van der Waals surface area contributed by atoms with E-state index in [2.05, 4.69) is 70.7 Å². The molecule has 3 aromatic carbocycles. The van der Waals surface area contributed by atoms with Crippen molar-refractivity contribution in [1.29, 1.82) is 0 Å². The molecule has 1 aliphatic carbocycles. The third-order valence-electron chi connectivity index (χ3n) is 7.48. The highest BCUT2D eigenvalue weighted by atomic mass is 16.5. The van der Waals surface area contributed by atoms with E-state index in [1.807, 2.05) is 18.2 Å². The molecule has 1 heterocycles. The van der Waals surface area contributed by atoms with Crippen LogP contribution in [0.25, 0.3) is 17.0 Å². The number of hydrogen-bond donors (Lipinski definition) is 1. The molecule has 0 amide bonds. The van der Waals surface area contributed by atoms with Crippen molar-refractivity contribution in [2.24, 2.45) is 0 Å². The first-order chi connectivity index (χ1) is 19.1. The second-order valence-corrected chi connectivity index (χ2v) is 9.93. The molecule has 0 spiro atoms. The number of carbonyl (C=O) groups is 1. The molecule has 0 fully saturated rings. The largest absolute Gasteiger partial charge is 0.491 e. The summed E-state index contributed by atoms with van der Waals surface area (Å²) in [6.45, 7) is 2.92. The van der Waals surface area contributed by atoms with Crippen LogP contribution in [0.4, 0.5) is 0 Å². The molecular weight excluding hydrogens is 488 g/mol. The third kappa shape index (κ3) is 6.59. The predicted molar refractivity (Wildman–Crippen MR) is 155 cm³/mol. The number of aryl methyl sites for hydroxylation is 1. The van der Waals surface area contributed by atoms with Crippen molar-refractivity contribution in [1.82, 2.24) is 9.88 Å². The van der Waals surface area contributed by atoms with Crippen molar-refractivity contribution in [3.63, 3.8) is 0 Å². The Balaban J connectivity index is 1.35. The van der Waals surface area contributed by atoms with Crippen molar-refractivity contribution in [3.05, 3.63) is 107 Å². The molecule has 0 bridgehead atoms. The molecule has 202 valence electrons. The van der Waals surface area contributed by atoms with E-state index in [1.165, 1.54) is 46.3 Å². The minimum absolute atomic E-state index is 0.335. The average Bonchev–Trinajstić information content (AvgIpc) is 3.59. The molecule has 0 aliphatic heterocycles. The smallest absolute Gasteiger partial charge is 0.330 e. The number of esters is 1. The summed E-state index contributed by atoms with van der Waals surface area (Å²) in [5.41, 5.74) is 7.55. The summed E-state index contributed by atoms with van der Waals surface area (Å²) in [5.74, 6) is 0.520. The van der Waals surface area contributed by atoms with Gasteiger partial charge in [0, 0.05) is 49.4 Å². The summed E-state index contributed by atoms with van der Waals surface area (Å²) in [6, 6.07) is 23.8. The molecule has 5 rings (SSSR count). The number of carbonyl (C=O) groups excluding carboxylic acids is 1. The zero-order valence-electron chi connectivity index (χ0n) is 22.7. The first kappa shape index (κ1) is 26.7. The minimum atomic E-state index is -0.341. The van der Waals surface area contributed by atoms with Crippen LogP contribution in [0.5, 0.6) is 5.75 Å². The van der Waals surface area contributed by atoms with Crippen molar-refractivity contribution < 1.29 is 19.0 Å². The molecule has 1 unspecified atom stereocenters. The van der Waals surface area contributed by atoms with E-state index < -0.39 is 0 Å². The van der Waals surface area contributed by atoms with E-state index in [4.69, 9.17) is 14.2 Å². The van der Waals surface area contributed by atoms with Crippen LogP contribution < -0.4 is 4.74 Å². The van der Waals surface area contributed by atoms with Crippen LogP contribution in [-0.2, 0) is 33.7 Å². The molecule has 0 saturated carbocycles. The fourth-order valence-corrected chi connectivity index (χ4v) is 5.45. The first-order valence-electron chi connectivity index (χ1n) is 13.5. The second-order valence-electron chi connectivity index (χ2n) is 9.93. The zero-order chi connectivity index (χ0) is 27.0. The number of benzene rings is 3. The van der Waals surface area contributed by atoms with Crippen LogP contribution in [0.1, 0.15) is 40.3 Å². The van der Waals surface area contributed by atoms with Gasteiger partial charge >= 0.3 is 5.97 Å². The molecule has 1 aliphatic rings. The van der Waals surface area contributed by atoms with Gasteiger partial charge in [0.15, 0.2) is 0 Å². The summed E-state index contributed by atoms with van der Waals surface area (Å²) >= 11 is 0. The number of fused-ring (bicyclic) bond motifs is 2. The van der Waals surface area contributed by atoms with Gasteiger partial charge in [0.1, 0.15) is 12.4 Å². The Morgan fingerprint density at radius 3 is 2.72 bits per heavy atom. The summed E-state index contributed by atoms with van der Waals surface area (Å²) in [7, 11) is 3.07. The summed E-state index contributed by atoms with van der Waals surface area (Å²) in [6.07, 6.45) is 8.52. The Morgan fingerprint density at radius 2 is 1.90 bits per heavy atom. The normalized spacial score (nSPS) is 14.8. The number of ether oxygens (including phenoxy) is 3. The molecule has 0 saturated heterocycles. The van der Waals surface area contributed by atoms with Gasteiger partial charge in [-0.3, -0.25) is 4.90 Å². The lowest BCUT2D eigenvalue weighted by molar-refractivity contribution is -0.134. The van der Waals surface area contributed by atoms with Crippen LogP contribution in [0.3, 0.4) is 0 Å². The number of rotatable bonds is 12. The number of methoxy groups -OCH3 is 2. The molecule has 1 aromatic heterocycles. The van der Waals surface area contributed by atoms with E-state index >= 15 is 0 Å². The van der Waals surface area contributed by atoms with Crippen LogP contribution in [0.15, 0.2) is 79.0 Å². The predicted octanol–water partition coefficient (Wildman–Crippen LogP) is 6.11. The van der Waals surface area contributed by atoms with E-state index in [-0.39, 0.29) is 5.97 Å². The standard InChI is InChI=1S/C33H36N2O4/c1-37-19-20-39-28-12-7-25(8-13-28)23-35(18-17-27-22-34-31-6-4-3-5-29(27)31)32-15-11-26-21-24(9-14-30(26)32)10-16-33(36)38-2/h3-10,12-14,16,21-22,32,34H,11,15,17-20,23H2,1-2H3. The molecular formula is C33H36N2O4. The van der Waals surface area contributed by atoms with Gasteiger partial charge in [0.2, 0.25) is 0 Å². The maximum atomic E-state index is 11.5. The number of nitrogens with one attached hydrogen (secondary N) is 1. The van der Waals surface area contributed by atoms with Gasteiger partial charge in [0.25, 0.3) is 0 Å². The third-order valence-corrected chi connectivity index (χ3v) is 7.48. The number of nitrogens with zero attached hydrogens (tertiary/aromatic N) is 1. The van der Waals surface area contributed by atoms with Crippen molar-refractivity contribution in [2.45, 2.75) is 31.8 Å². The lowest BCUT2D eigenvalue weighted by Gasteiger charge is -2.30. The molecule has 4 aromatic rings. The lowest BCUT2D eigenvalue weighted by atomic mass is 10.0. The van der Waals surface area contributed by atoms with E-state index in [0.717, 1.165) is 43.7 Å². The van der Waals surface area contributed by atoms with Gasteiger partial charge < -0.3 is 19.2 Å². The van der Waals surface area contributed by atoms with Crippen LogP contribution in [0.2, 0.25) is 0 Å². The number of aromatic amines is 1. The van der Waals surface area contributed by atoms with Crippen molar-refractivity contribution in [2.75, 3.05) is 34.0 Å². The molecule has 1 atom stereocenters. The Hall–Kier alpha value is -3.87. The lowest BCUT2D eigenvalue weighted by Crippen LogP contribution is -2.29. The van der Waals surface area contributed by atoms with Crippen molar-refractivity contribution in [3.8, 4) is 5.75 Å². The van der Waals surface area contributed by atoms with E-state index in [0.29, 0.717) is 19.3 Å². The molecule has 6 nitrogen and oxygen atoms in total. The number of aromatic nitrogens is 1. The second kappa shape index (κ2) is 12.8. The molecule has 0 radical (unpaired) electrons. The summed E-state index contributed by atoms with van der Waals surface area (Å²) in [4.78, 5) is 17.6. The topological polar surface area (TPSA) is 63.8 Å². The van der Waals surface area contributed by atoms with Crippen molar-refractivity contribution >= 4 is 22.9 Å². The van der Waals surface area contributed by atoms with E-state index in [9.17, 15) is 4.79 Å². The number of para-hydroxylation sites is 1. The van der Waals surface area contributed by atoms with Gasteiger partial charge in [-0.1, -0.05) is 48.5 Å². The van der Waals surface area contributed by atoms with Crippen LogP contribution in [0, 0.1) is 0 Å². The maximum absolute atomic E-state index is 11.5. The van der Waals surface area contributed by atoms with Crippen LogP contribution >= 0.6 is 0 Å². The Bertz CT molecular complexity index is 1420. The van der Waals surface area contributed by atoms with Gasteiger partial charge in [-0.25, -0.2) is 4.79 Å². The van der Waals surface area contributed by atoms with Crippen LogP contribution in [-0.4, -0.2) is 49.8 Å².